The summed E-state index contributed by atoms with van der Waals surface area (Å²) in [4.78, 5) is 36.6. The number of carbonyl (C=O) groups excluding carboxylic acids is 3. The number of hydrogen-bond donors (Lipinski definition) is 2. The van der Waals surface area contributed by atoms with Gasteiger partial charge in [0.15, 0.2) is 0 Å². The minimum atomic E-state index is -0.578. The molecule has 0 spiro atoms. The second kappa shape index (κ2) is 8.60. The molecule has 2 aliphatic heterocycles. The third-order valence-corrected chi connectivity index (χ3v) is 4.39. The zero-order valence-corrected chi connectivity index (χ0v) is 15.7. The average molecular weight is 386 g/mol. The van der Waals surface area contributed by atoms with E-state index in [0.717, 1.165) is 5.56 Å². The van der Waals surface area contributed by atoms with Crippen molar-refractivity contribution >= 4 is 24.0 Å². The van der Waals surface area contributed by atoms with Crippen LogP contribution in [0.15, 0.2) is 41.1 Å². The highest BCUT2D eigenvalue weighted by molar-refractivity contribution is 5.96. The number of esters is 2. The molecule has 0 saturated carbocycles. The van der Waals surface area contributed by atoms with Crippen molar-refractivity contribution in [3.63, 3.8) is 0 Å². The molecule has 0 aromatic heterocycles. The highest BCUT2D eigenvalue weighted by atomic mass is 16.5. The van der Waals surface area contributed by atoms with Crippen molar-refractivity contribution in [3.8, 4) is 5.75 Å². The maximum Gasteiger partial charge on any atom is 0.338 e. The van der Waals surface area contributed by atoms with Crippen LogP contribution in [0.25, 0.3) is 6.08 Å². The predicted octanol–water partition coefficient (Wildman–Crippen LogP) is 1.91. The molecule has 0 bridgehead atoms. The van der Waals surface area contributed by atoms with Gasteiger partial charge in [0, 0.05) is 5.56 Å². The number of nitrogens with one attached hydrogen (secondary N) is 2. The molecule has 0 fully saturated rings. The molecule has 2 amide bonds. The molecule has 2 N–H and O–H groups in total. The number of ether oxygens (including phenoxy) is 3. The first-order chi connectivity index (χ1) is 13.5. The second-order valence-electron chi connectivity index (χ2n) is 6.24. The van der Waals surface area contributed by atoms with Gasteiger partial charge in [-0.3, -0.25) is 0 Å². The van der Waals surface area contributed by atoms with Gasteiger partial charge in [-0.2, -0.15) is 0 Å². The fraction of sp³-hybridized carbons (Fsp3) is 0.350. The summed E-state index contributed by atoms with van der Waals surface area (Å²) in [5.41, 5.74) is 1.62. The Morgan fingerprint density at radius 2 is 1.96 bits per heavy atom. The molecule has 3 rings (SSSR count). The van der Waals surface area contributed by atoms with Crippen LogP contribution in [0.2, 0.25) is 0 Å². The standard InChI is InChI=1S/C20H22N2O6/c1-3-14-17(19(24)26-4-2)15(22-20(25)21-14)11-28-18(23)13-9-12-7-5-6-8-16(12)27-10-13/h5-9,14H,3-4,10-11H2,1-2H3,(H2,21,22,25)/t14-/m0/s1. The van der Waals surface area contributed by atoms with Gasteiger partial charge in [0.25, 0.3) is 0 Å². The fourth-order valence-electron chi connectivity index (χ4n) is 3.04. The monoisotopic (exact) mass is 386 g/mol. The Kier molecular flexibility index (Phi) is 5.98. The second-order valence-corrected chi connectivity index (χ2v) is 6.24. The molecule has 8 nitrogen and oxygen atoms in total. The van der Waals surface area contributed by atoms with E-state index in [2.05, 4.69) is 10.6 Å². The lowest BCUT2D eigenvalue weighted by molar-refractivity contribution is -0.141. The zero-order valence-electron chi connectivity index (χ0n) is 15.7. The molecule has 0 aliphatic carbocycles. The van der Waals surface area contributed by atoms with Crippen LogP contribution in [0, 0.1) is 0 Å². The number of benzene rings is 1. The molecule has 28 heavy (non-hydrogen) atoms. The summed E-state index contributed by atoms with van der Waals surface area (Å²) in [5.74, 6) is -0.434. The van der Waals surface area contributed by atoms with Crippen LogP contribution in [0.4, 0.5) is 4.79 Å². The third kappa shape index (κ3) is 4.16. The van der Waals surface area contributed by atoms with Crippen molar-refractivity contribution in [1.29, 1.82) is 0 Å². The van der Waals surface area contributed by atoms with E-state index in [1.54, 1.807) is 13.0 Å². The van der Waals surface area contributed by atoms with Crippen LogP contribution in [-0.2, 0) is 19.1 Å². The Hall–Kier alpha value is -3.29. The van der Waals surface area contributed by atoms with Crippen molar-refractivity contribution in [2.45, 2.75) is 26.3 Å². The summed E-state index contributed by atoms with van der Waals surface area (Å²) < 4.78 is 16.0. The summed E-state index contributed by atoms with van der Waals surface area (Å²) in [5, 5.41) is 5.21. The SMILES string of the molecule is CCOC(=O)C1=C(COC(=O)C2=Cc3ccccc3OC2)NC(=O)N[C@H]1CC. The highest BCUT2D eigenvalue weighted by Crippen LogP contribution is 2.26. The van der Waals surface area contributed by atoms with Crippen LogP contribution in [0.5, 0.6) is 5.75 Å². The lowest BCUT2D eigenvalue weighted by Gasteiger charge is -2.28. The summed E-state index contributed by atoms with van der Waals surface area (Å²) in [7, 11) is 0. The number of para-hydroxylation sites is 1. The maximum atomic E-state index is 12.4. The Morgan fingerprint density at radius 3 is 2.71 bits per heavy atom. The van der Waals surface area contributed by atoms with Crippen molar-refractivity contribution in [2.75, 3.05) is 19.8 Å². The van der Waals surface area contributed by atoms with E-state index in [1.807, 2.05) is 31.2 Å². The fourth-order valence-corrected chi connectivity index (χ4v) is 3.04. The van der Waals surface area contributed by atoms with Crippen LogP contribution in [0.3, 0.4) is 0 Å². The van der Waals surface area contributed by atoms with Gasteiger partial charge in [0.05, 0.1) is 29.5 Å². The Labute approximate surface area is 162 Å². The Balaban J connectivity index is 1.77. The van der Waals surface area contributed by atoms with Crippen LogP contribution in [-0.4, -0.2) is 43.8 Å². The number of hydrogen-bond acceptors (Lipinski definition) is 6. The molecular weight excluding hydrogens is 364 g/mol. The first-order valence-electron chi connectivity index (χ1n) is 9.10. The normalized spacial score (nSPS) is 18.1. The average Bonchev–Trinajstić information content (AvgIpc) is 2.71. The first kappa shape index (κ1) is 19.5. The summed E-state index contributed by atoms with van der Waals surface area (Å²) in [6.45, 7) is 3.56. The van der Waals surface area contributed by atoms with E-state index in [1.165, 1.54) is 0 Å². The third-order valence-electron chi connectivity index (χ3n) is 4.39. The first-order valence-corrected chi connectivity index (χ1v) is 9.10. The predicted molar refractivity (Wildman–Crippen MR) is 100 cm³/mol. The smallest absolute Gasteiger partial charge is 0.338 e. The molecule has 148 valence electrons. The van der Waals surface area contributed by atoms with E-state index in [0.29, 0.717) is 17.7 Å². The largest absolute Gasteiger partial charge is 0.488 e. The van der Waals surface area contributed by atoms with Crippen molar-refractivity contribution in [3.05, 3.63) is 46.7 Å². The topological polar surface area (TPSA) is 103 Å². The van der Waals surface area contributed by atoms with Gasteiger partial charge in [-0.05, 0) is 25.5 Å². The lowest BCUT2D eigenvalue weighted by Crippen LogP contribution is -2.51. The number of amides is 2. The summed E-state index contributed by atoms with van der Waals surface area (Å²) >= 11 is 0. The molecule has 0 saturated heterocycles. The van der Waals surface area contributed by atoms with Crippen LogP contribution in [0.1, 0.15) is 25.8 Å². The molecule has 1 aromatic carbocycles. The van der Waals surface area contributed by atoms with Crippen molar-refractivity contribution in [2.24, 2.45) is 0 Å². The number of urea groups is 1. The molecule has 1 aromatic rings. The summed E-state index contributed by atoms with van der Waals surface area (Å²) in [6, 6.07) is 6.38. The van der Waals surface area contributed by atoms with Gasteiger partial charge in [0.1, 0.15) is 19.0 Å². The van der Waals surface area contributed by atoms with Crippen molar-refractivity contribution in [1.82, 2.24) is 10.6 Å². The minimum absolute atomic E-state index is 0.0884. The molecule has 8 heteroatoms. The van der Waals surface area contributed by atoms with Crippen molar-refractivity contribution < 1.29 is 28.6 Å². The Bertz CT molecular complexity index is 858. The van der Waals surface area contributed by atoms with E-state index in [9.17, 15) is 14.4 Å². The van der Waals surface area contributed by atoms with E-state index in [-0.39, 0.29) is 31.1 Å². The number of carbonyl (C=O) groups is 3. The molecule has 2 aliphatic rings. The summed E-state index contributed by atoms with van der Waals surface area (Å²) in [6.07, 6.45) is 2.20. The van der Waals surface area contributed by atoms with E-state index in [4.69, 9.17) is 14.2 Å². The van der Waals surface area contributed by atoms with E-state index < -0.39 is 24.0 Å². The molecule has 0 unspecified atom stereocenters. The molecule has 2 heterocycles. The highest BCUT2D eigenvalue weighted by Gasteiger charge is 2.32. The molecule has 0 radical (unpaired) electrons. The van der Waals surface area contributed by atoms with Gasteiger partial charge in [-0.15, -0.1) is 0 Å². The molecular formula is C20H22N2O6. The molecule has 1 atom stereocenters. The minimum Gasteiger partial charge on any atom is -0.488 e. The van der Waals surface area contributed by atoms with Gasteiger partial charge >= 0.3 is 18.0 Å². The van der Waals surface area contributed by atoms with Crippen LogP contribution >= 0.6 is 0 Å². The quantitative estimate of drug-likeness (QED) is 0.724. The Morgan fingerprint density at radius 1 is 1.18 bits per heavy atom. The van der Waals surface area contributed by atoms with Gasteiger partial charge in [0.2, 0.25) is 0 Å². The lowest BCUT2D eigenvalue weighted by atomic mass is 10.0. The number of rotatable bonds is 6. The van der Waals surface area contributed by atoms with Gasteiger partial charge in [-0.1, -0.05) is 25.1 Å². The van der Waals surface area contributed by atoms with Gasteiger partial charge in [-0.25, -0.2) is 14.4 Å². The zero-order chi connectivity index (χ0) is 20.1. The maximum absolute atomic E-state index is 12.4. The van der Waals surface area contributed by atoms with Gasteiger partial charge < -0.3 is 24.8 Å². The van der Waals surface area contributed by atoms with Crippen LogP contribution < -0.4 is 15.4 Å². The van der Waals surface area contributed by atoms with E-state index >= 15 is 0 Å². The number of fused-ring (bicyclic) bond motifs is 1.